The Labute approximate surface area is 134 Å². The zero-order valence-corrected chi connectivity index (χ0v) is 13.2. The third-order valence-corrected chi connectivity index (χ3v) is 3.61. The smallest absolute Gasteiger partial charge is 0.129 e. The minimum atomic E-state index is -0.723. The number of ether oxygens (including phenoxy) is 1. The highest BCUT2D eigenvalue weighted by molar-refractivity contribution is 5.77. The number of imidazole rings is 1. The van der Waals surface area contributed by atoms with E-state index < -0.39 is 5.60 Å². The Balaban J connectivity index is 1.83. The molecule has 3 rings (SSSR count). The van der Waals surface area contributed by atoms with E-state index in [0.717, 1.165) is 11.0 Å². The molecule has 0 aliphatic carbocycles. The molecule has 0 spiro atoms. The molecule has 0 atom stereocenters. The maximum absolute atomic E-state index is 12.9. The topological polar surface area (TPSA) is 47.3 Å². The predicted molar refractivity (Wildman–Crippen MR) is 87.1 cm³/mol. The quantitative estimate of drug-likeness (QED) is 0.770. The number of hydrogen-bond acceptors (Lipinski definition) is 3. The van der Waals surface area contributed by atoms with Gasteiger partial charge in [0.05, 0.1) is 23.0 Å². The van der Waals surface area contributed by atoms with Crippen LogP contribution in [0.4, 0.5) is 4.39 Å². The van der Waals surface area contributed by atoms with E-state index in [4.69, 9.17) is 4.74 Å². The zero-order chi connectivity index (χ0) is 16.4. The van der Waals surface area contributed by atoms with E-state index in [2.05, 4.69) is 4.98 Å². The number of aryl methyl sites for hydroxylation is 1. The molecule has 5 heteroatoms. The fraction of sp³-hybridized carbons (Fsp3) is 0.278. The molecular formula is C18H19FN2O2. The third-order valence-electron chi connectivity index (χ3n) is 3.61. The first-order chi connectivity index (χ1) is 10.9. The van der Waals surface area contributed by atoms with Gasteiger partial charge in [0, 0.05) is 12.6 Å². The normalized spacial score (nSPS) is 11.8. The summed E-state index contributed by atoms with van der Waals surface area (Å²) in [6.07, 6.45) is 2.39. The van der Waals surface area contributed by atoms with Gasteiger partial charge < -0.3 is 14.4 Å². The van der Waals surface area contributed by atoms with Crippen LogP contribution in [0.15, 0.2) is 48.8 Å². The highest BCUT2D eigenvalue weighted by Crippen LogP contribution is 2.26. The SMILES string of the molecule is CC(C)(O)CCn1cnc2ccc(Oc3ccc(F)cc3)cc21. The molecule has 0 amide bonds. The van der Waals surface area contributed by atoms with Gasteiger partial charge in [-0.2, -0.15) is 0 Å². The molecule has 0 saturated heterocycles. The Morgan fingerprint density at radius 1 is 1.13 bits per heavy atom. The summed E-state index contributed by atoms with van der Waals surface area (Å²) >= 11 is 0. The van der Waals surface area contributed by atoms with Crippen LogP contribution >= 0.6 is 0 Å². The van der Waals surface area contributed by atoms with Crippen molar-refractivity contribution in [2.75, 3.05) is 0 Å². The lowest BCUT2D eigenvalue weighted by Gasteiger charge is -2.17. The lowest BCUT2D eigenvalue weighted by Crippen LogP contribution is -2.20. The number of hydrogen-bond donors (Lipinski definition) is 1. The van der Waals surface area contributed by atoms with Crippen LogP contribution < -0.4 is 4.74 Å². The molecule has 1 heterocycles. The van der Waals surface area contributed by atoms with E-state index in [1.54, 1.807) is 32.3 Å². The van der Waals surface area contributed by atoms with E-state index in [0.29, 0.717) is 24.5 Å². The summed E-state index contributed by atoms with van der Waals surface area (Å²) in [7, 11) is 0. The van der Waals surface area contributed by atoms with Crippen molar-refractivity contribution in [3.63, 3.8) is 0 Å². The minimum absolute atomic E-state index is 0.294. The third kappa shape index (κ3) is 3.87. The van der Waals surface area contributed by atoms with Crippen molar-refractivity contribution < 1.29 is 14.2 Å². The second kappa shape index (κ2) is 6.01. The van der Waals surface area contributed by atoms with Gasteiger partial charge in [-0.05, 0) is 56.7 Å². The van der Waals surface area contributed by atoms with Crippen molar-refractivity contribution in [2.45, 2.75) is 32.4 Å². The minimum Gasteiger partial charge on any atom is -0.457 e. The fourth-order valence-electron chi connectivity index (χ4n) is 2.31. The molecule has 0 saturated carbocycles. The van der Waals surface area contributed by atoms with Crippen molar-refractivity contribution in [2.24, 2.45) is 0 Å². The summed E-state index contributed by atoms with van der Waals surface area (Å²) in [6, 6.07) is 11.5. The second-order valence-electron chi connectivity index (χ2n) is 6.21. The van der Waals surface area contributed by atoms with Crippen molar-refractivity contribution >= 4 is 11.0 Å². The van der Waals surface area contributed by atoms with Gasteiger partial charge in [0.2, 0.25) is 0 Å². The Morgan fingerprint density at radius 2 is 1.83 bits per heavy atom. The summed E-state index contributed by atoms with van der Waals surface area (Å²) in [5.41, 5.74) is 1.08. The van der Waals surface area contributed by atoms with Gasteiger partial charge in [-0.25, -0.2) is 9.37 Å². The molecule has 0 aliphatic rings. The van der Waals surface area contributed by atoms with E-state index >= 15 is 0 Å². The highest BCUT2D eigenvalue weighted by atomic mass is 19.1. The first kappa shape index (κ1) is 15.5. The number of benzene rings is 2. The van der Waals surface area contributed by atoms with Gasteiger partial charge in [0.25, 0.3) is 0 Å². The number of halogens is 1. The van der Waals surface area contributed by atoms with Gasteiger partial charge in [-0.3, -0.25) is 0 Å². The van der Waals surface area contributed by atoms with Crippen molar-refractivity contribution in [3.05, 3.63) is 54.6 Å². The first-order valence-electron chi connectivity index (χ1n) is 7.51. The van der Waals surface area contributed by atoms with Crippen LogP contribution in [0.3, 0.4) is 0 Å². The summed E-state index contributed by atoms with van der Waals surface area (Å²) < 4.78 is 20.7. The van der Waals surface area contributed by atoms with Crippen LogP contribution in [0.1, 0.15) is 20.3 Å². The monoisotopic (exact) mass is 314 g/mol. The molecule has 0 fully saturated rings. The molecule has 0 bridgehead atoms. The fourth-order valence-corrected chi connectivity index (χ4v) is 2.31. The van der Waals surface area contributed by atoms with E-state index in [1.165, 1.54) is 12.1 Å². The van der Waals surface area contributed by atoms with Gasteiger partial charge in [-0.15, -0.1) is 0 Å². The number of aromatic nitrogens is 2. The lowest BCUT2D eigenvalue weighted by atomic mass is 10.1. The summed E-state index contributed by atoms with van der Waals surface area (Å²) in [6.45, 7) is 4.24. The summed E-state index contributed by atoms with van der Waals surface area (Å²) in [5.74, 6) is 0.944. The van der Waals surface area contributed by atoms with Crippen LogP contribution in [0, 0.1) is 5.82 Å². The lowest BCUT2D eigenvalue weighted by molar-refractivity contribution is 0.0665. The molecule has 0 unspecified atom stereocenters. The predicted octanol–water partition coefficient (Wildman–Crippen LogP) is 4.13. The number of fused-ring (bicyclic) bond motifs is 1. The second-order valence-corrected chi connectivity index (χ2v) is 6.21. The van der Waals surface area contributed by atoms with Gasteiger partial charge >= 0.3 is 0 Å². The highest BCUT2D eigenvalue weighted by Gasteiger charge is 2.13. The summed E-state index contributed by atoms with van der Waals surface area (Å²) in [5, 5.41) is 9.87. The molecule has 23 heavy (non-hydrogen) atoms. The largest absolute Gasteiger partial charge is 0.457 e. The van der Waals surface area contributed by atoms with Gasteiger partial charge in [-0.1, -0.05) is 0 Å². The Morgan fingerprint density at radius 3 is 2.52 bits per heavy atom. The maximum Gasteiger partial charge on any atom is 0.129 e. The Hall–Kier alpha value is -2.40. The maximum atomic E-state index is 12.9. The van der Waals surface area contributed by atoms with Crippen LogP contribution in [-0.4, -0.2) is 20.3 Å². The van der Waals surface area contributed by atoms with Gasteiger partial charge in [0.1, 0.15) is 17.3 Å². The zero-order valence-electron chi connectivity index (χ0n) is 13.2. The molecule has 3 aromatic rings. The number of aliphatic hydroxyl groups is 1. The average molecular weight is 314 g/mol. The molecule has 120 valence electrons. The Kier molecular flexibility index (Phi) is 4.05. The van der Waals surface area contributed by atoms with E-state index in [9.17, 15) is 9.50 Å². The molecule has 4 nitrogen and oxygen atoms in total. The van der Waals surface area contributed by atoms with Crippen LogP contribution in [0.2, 0.25) is 0 Å². The number of rotatable bonds is 5. The molecule has 0 aliphatic heterocycles. The average Bonchev–Trinajstić information content (AvgIpc) is 2.89. The van der Waals surface area contributed by atoms with Crippen LogP contribution in [0.5, 0.6) is 11.5 Å². The van der Waals surface area contributed by atoms with Gasteiger partial charge in [0.15, 0.2) is 0 Å². The van der Waals surface area contributed by atoms with Crippen LogP contribution in [0.25, 0.3) is 11.0 Å². The summed E-state index contributed by atoms with van der Waals surface area (Å²) in [4.78, 5) is 4.36. The molecular weight excluding hydrogens is 295 g/mol. The van der Waals surface area contributed by atoms with Crippen molar-refractivity contribution in [1.82, 2.24) is 9.55 Å². The number of nitrogens with zero attached hydrogens (tertiary/aromatic N) is 2. The van der Waals surface area contributed by atoms with Crippen LogP contribution in [-0.2, 0) is 6.54 Å². The van der Waals surface area contributed by atoms with E-state index in [1.807, 2.05) is 22.8 Å². The standard InChI is InChI=1S/C18H19FN2O2/c1-18(2,22)9-10-21-12-20-16-8-7-15(11-17(16)21)23-14-5-3-13(19)4-6-14/h3-8,11-12,22H,9-10H2,1-2H3. The molecule has 0 radical (unpaired) electrons. The van der Waals surface area contributed by atoms with Crippen molar-refractivity contribution in [1.29, 1.82) is 0 Å². The molecule has 1 aromatic heterocycles. The van der Waals surface area contributed by atoms with E-state index in [-0.39, 0.29) is 5.82 Å². The Bertz CT molecular complexity index is 804. The molecule has 2 aromatic carbocycles. The first-order valence-corrected chi connectivity index (χ1v) is 7.51. The van der Waals surface area contributed by atoms with Crippen molar-refractivity contribution in [3.8, 4) is 11.5 Å². The molecule has 1 N–H and O–H groups in total.